The Labute approximate surface area is 93.2 Å². The summed E-state index contributed by atoms with van der Waals surface area (Å²) in [5, 5.41) is 0. The normalized spacial score (nSPS) is 11.7. The van der Waals surface area contributed by atoms with Crippen molar-refractivity contribution < 1.29 is 4.74 Å². The maximum atomic E-state index is 5.25. The molecular formula is C13H23NO. The van der Waals surface area contributed by atoms with E-state index in [1.165, 1.54) is 16.8 Å². The number of rotatable bonds is 4. The third-order valence-electron chi connectivity index (χ3n) is 2.78. The Balaban J connectivity index is 3.24. The lowest BCUT2D eigenvalue weighted by molar-refractivity contribution is 0.184. The molecule has 1 aromatic rings. The Morgan fingerprint density at radius 3 is 2.20 bits per heavy atom. The molecule has 0 aliphatic rings. The molecular weight excluding hydrogens is 186 g/mol. The van der Waals surface area contributed by atoms with Crippen LogP contribution in [0.2, 0.25) is 0 Å². The van der Waals surface area contributed by atoms with Crippen molar-refractivity contribution >= 4 is 0 Å². The molecule has 2 nitrogen and oxygen atoms in total. The van der Waals surface area contributed by atoms with Crippen LogP contribution in [-0.2, 0) is 18.4 Å². The predicted octanol–water partition coefficient (Wildman–Crippen LogP) is 3.42. The fourth-order valence-electron chi connectivity index (χ4n) is 2.38. The van der Waals surface area contributed by atoms with Crippen molar-refractivity contribution in [1.29, 1.82) is 0 Å². The Bertz CT molecular complexity index is 324. The minimum absolute atomic E-state index is 0.564. The molecule has 0 atom stereocenters. The highest BCUT2D eigenvalue weighted by atomic mass is 16.5. The van der Waals surface area contributed by atoms with Gasteiger partial charge in [-0.1, -0.05) is 27.7 Å². The number of hydrogen-bond acceptors (Lipinski definition) is 1. The quantitative estimate of drug-likeness (QED) is 0.741. The van der Waals surface area contributed by atoms with Gasteiger partial charge in [0, 0.05) is 26.0 Å². The lowest BCUT2D eigenvalue weighted by atomic mass is 9.94. The third kappa shape index (κ3) is 2.43. The molecule has 0 N–H and O–H groups in total. The van der Waals surface area contributed by atoms with E-state index < -0.39 is 0 Å². The second-order valence-electron chi connectivity index (χ2n) is 4.81. The number of aryl methyl sites for hydroxylation is 1. The molecule has 1 aromatic heterocycles. The molecule has 1 rings (SSSR count). The van der Waals surface area contributed by atoms with Gasteiger partial charge >= 0.3 is 0 Å². The molecule has 0 amide bonds. The molecule has 0 saturated carbocycles. The maximum Gasteiger partial charge on any atom is 0.0730 e. The van der Waals surface area contributed by atoms with Gasteiger partial charge in [-0.05, 0) is 23.0 Å². The fraction of sp³-hybridized carbons (Fsp3) is 0.692. The van der Waals surface area contributed by atoms with Gasteiger partial charge < -0.3 is 9.30 Å². The molecule has 1 heterocycles. The van der Waals surface area contributed by atoms with Crippen molar-refractivity contribution in [3.05, 3.63) is 23.0 Å². The average Bonchev–Trinajstić information content (AvgIpc) is 2.42. The molecule has 0 aromatic carbocycles. The van der Waals surface area contributed by atoms with Crippen LogP contribution in [0.5, 0.6) is 0 Å². The van der Waals surface area contributed by atoms with E-state index in [1.54, 1.807) is 7.11 Å². The molecule has 0 aliphatic carbocycles. The lowest BCUT2D eigenvalue weighted by Gasteiger charge is -2.14. The van der Waals surface area contributed by atoms with E-state index in [0.29, 0.717) is 18.4 Å². The van der Waals surface area contributed by atoms with Crippen molar-refractivity contribution in [2.24, 2.45) is 7.05 Å². The van der Waals surface area contributed by atoms with Crippen LogP contribution in [0.15, 0.2) is 6.20 Å². The fourth-order valence-corrected chi connectivity index (χ4v) is 2.38. The molecule has 0 radical (unpaired) electrons. The first-order chi connectivity index (χ1) is 6.99. The topological polar surface area (TPSA) is 14.2 Å². The molecule has 0 aliphatic heterocycles. The van der Waals surface area contributed by atoms with Gasteiger partial charge in [-0.15, -0.1) is 0 Å². The zero-order valence-electron chi connectivity index (χ0n) is 10.8. The molecule has 0 fully saturated rings. The van der Waals surface area contributed by atoms with Gasteiger partial charge in [0.1, 0.15) is 0 Å². The van der Waals surface area contributed by atoms with E-state index in [-0.39, 0.29) is 0 Å². The van der Waals surface area contributed by atoms with E-state index in [1.807, 2.05) is 0 Å². The molecule has 0 bridgehead atoms. The van der Waals surface area contributed by atoms with Crippen LogP contribution in [0.1, 0.15) is 56.4 Å². The lowest BCUT2D eigenvalue weighted by Crippen LogP contribution is -2.03. The average molecular weight is 209 g/mol. The number of ether oxygens (including phenoxy) is 1. The summed E-state index contributed by atoms with van der Waals surface area (Å²) in [7, 11) is 3.88. The van der Waals surface area contributed by atoms with E-state index in [4.69, 9.17) is 4.74 Å². The van der Waals surface area contributed by atoms with Crippen LogP contribution in [-0.4, -0.2) is 11.7 Å². The molecule has 86 valence electrons. The first-order valence-electron chi connectivity index (χ1n) is 5.65. The summed E-state index contributed by atoms with van der Waals surface area (Å²) >= 11 is 0. The van der Waals surface area contributed by atoms with E-state index in [2.05, 4.69) is 45.5 Å². The van der Waals surface area contributed by atoms with Gasteiger partial charge in [0.05, 0.1) is 6.61 Å². The zero-order chi connectivity index (χ0) is 11.6. The highest BCUT2D eigenvalue weighted by Gasteiger charge is 2.18. The molecule has 2 heteroatoms. The van der Waals surface area contributed by atoms with Crippen molar-refractivity contribution in [3.63, 3.8) is 0 Å². The summed E-state index contributed by atoms with van der Waals surface area (Å²) in [6, 6.07) is 0. The van der Waals surface area contributed by atoms with Gasteiger partial charge in [-0.25, -0.2) is 0 Å². The second kappa shape index (κ2) is 4.84. The second-order valence-corrected chi connectivity index (χ2v) is 4.81. The standard InChI is InChI=1S/C13H23NO/c1-9(2)12-11(8-15-6)7-14(5)13(12)10(3)4/h7,9-10H,8H2,1-6H3. The summed E-state index contributed by atoms with van der Waals surface area (Å²) in [6.45, 7) is 9.71. The molecule has 0 unspecified atom stereocenters. The first-order valence-corrected chi connectivity index (χ1v) is 5.65. The molecule has 0 spiro atoms. The van der Waals surface area contributed by atoms with Crippen molar-refractivity contribution in [2.45, 2.75) is 46.1 Å². The monoisotopic (exact) mass is 209 g/mol. The maximum absolute atomic E-state index is 5.25. The highest BCUT2D eigenvalue weighted by Crippen LogP contribution is 2.30. The van der Waals surface area contributed by atoms with Gasteiger partial charge in [-0.2, -0.15) is 0 Å². The van der Waals surface area contributed by atoms with Gasteiger partial charge in [0.2, 0.25) is 0 Å². The molecule has 0 saturated heterocycles. The van der Waals surface area contributed by atoms with Crippen molar-refractivity contribution in [3.8, 4) is 0 Å². The largest absolute Gasteiger partial charge is 0.380 e. The summed E-state index contributed by atoms with van der Waals surface area (Å²) in [4.78, 5) is 0. The van der Waals surface area contributed by atoms with Crippen LogP contribution in [0.3, 0.4) is 0 Å². The van der Waals surface area contributed by atoms with Crippen molar-refractivity contribution in [1.82, 2.24) is 4.57 Å². The van der Waals surface area contributed by atoms with Crippen molar-refractivity contribution in [2.75, 3.05) is 7.11 Å². The summed E-state index contributed by atoms with van der Waals surface area (Å²) in [6.07, 6.45) is 2.20. The zero-order valence-corrected chi connectivity index (χ0v) is 10.8. The van der Waals surface area contributed by atoms with Gasteiger partial charge in [0.15, 0.2) is 0 Å². The van der Waals surface area contributed by atoms with Crippen LogP contribution in [0.25, 0.3) is 0 Å². The molecule has 15 heavy (non-hydrogen) atoms. The minimum Gasteiger partial charge on any atom is -0.380 e. The SMILES string of the molecule is COCc1cn(C)c(C(C)C)c1C(C)C. The predicted molar refractivity (Wildman–Crippen MR) is 64.3 cm³/mol. The van der Waals surface area contributed by atoms with E-state index in [0.717, 1.165) is 0 Å². The highest BCUT2D eigenvalue weighted by molar-refractivity contribution is 5.36. The van der Waals surface area contributed by atoms with Gasteiger partial charge in [-0.3, -0.25) is 0 Å². The Hall–Kier alpha value is -0.760. The first kappa shape index (κ1) is 12.3. The third-order valence-corrected chi connectivity index (χ3v) is 2.78. The number of methoxy groups -OCH3 is 1. The van der Waals surface area contributed by atoms with E-state index >= 15 is 0 Å². The Morgan fingerprint density at radius 2 is 1.80 bits per heavy atom. The summed E-state index contributed by atoms with van der Waals surface area (Å²) in [5.41, 5.74) is 4.24. The summed E-state index contributed by atoms with van der Waals surface area (Å²) in [5.74, 6) is 1.13. The van der Waals surface area contributed by atoms with Crippen LogP contribution in [0.4, 0.5) is 0 Å². The van der Waals surface area contributed by atoms with Crippen LogP contribution < -0.4 is 0 Å². The van der Waals surface area contributed by atoms with E-state index in [9.17, 15) is 0 Å². The Kier molecular flexibility index (Phi) is 3.97. The van der Waals surface area contributed by atoms with Crippen LogP contribution in [0, 0.1) is 0 Å². The number of hydrogen-bond donors (Lipinski definition) is 0. The Morgan fingerprint density at radius 1 is 1.20 bits per heavy atom. The van der Waals surface area contributed by atoms with Gasteiger partial charge in [0.25, 0.3) is 0 Å². The summed E-state index contributed by atoms with van der Waals surface area (Å²) < 4.78 is 7.50. The minimum atomic E-state index is 0.564. The number of nitrogens with zero attached hydrogens (tertiary/aromatic N) is 1. The smallest absolute Gasteiger partial charge is 0.0730 e. The van der Waals surface area contributed by atoms with Crippen LogP contribution >= 0.6 is 0 Å². The number of aromatic nitrogens is 1.